The number of fused-ring (bicyclic) bond motifs is 2. The zero-order valence-corrected chi connectivity index (χ0v) is 16.8. The van der Waals surface area contributed by atoms with Crippen molar-refractivity contribution in [2.75, 3.05) is 0 Å². The van der Waals surface area contributed by atoms with Gasteiger partial charge in [0.25, 0.3) is 5.91 Å². The van der Waals surface area contributed by atoms with E-state index in [-0.39, 0.29) is 22.3 Å². The van der Waals surface area contributed by atoms with Gasteiger partial charge in [-0.3, -0.25) is 9.78 Å². The Morgan fingerprint density at radius 3 is 2.39 bits per heavy atom. The van der Waals surface area contributed by atoms with E-state index in [0.29, 0.717) is 15.6 Å². The zero-order chi connectivity index (χ0) is 23.5. The fourth-order valence-corrected chi connectivity index (χ4v) is 4.02. The van der Waals surface area contributed by atoms with Crippen LogP contribution in [0.15, 0.2) is 54.9 Å². The summed E-state index contributed by atoms with van der Waals surface area (Å²) in [5.41, 5.74) is 0.539. The van der Waals surface area contributed by atoms with E-state index in [0.717, 1.165) is 23.2 Å². The standard InChI is InChI=1S/C22H12B2F4N4O/c23-22(24)19-13(4-2-6-29-19)20(33)31(22)9-15-16(25)7-11(8-17(15)26)12-3-1-5-18-14(12)10-32(30-18)21(27)28/h1-8,10,21H,9H2. The number of hydrogen-bond donors (Lipinski definition) is 0. The molecule has 0 unspecified atom stereocenters. The molecule has 0 N–H and O–H groups in total. The van der Waals surface area contributed by atoms with Crippen molar-refractivity contribution < 1.29 is 22.4 Å². The van der Waals surface area contributed by atoms with Gasteiger partial charge in [0.15, 0.2) is 0 Å². The third-order valence-electron chi connectivity index (χ3n) is 5.65. The summed E-state index contributed by atoms with van der Waals surface area (Å²) in [5, 5.41) is 2.24. The van der Waals surface area contributed by atoms with Gasteiger partial charge in [-0.1, -0.05) is 12.1 Å². The van der Waals surface area contributed by atoms with E-state index in [1.165, 1.54) is 24.4 Å². The van der Waals surface area contributed by atoms with Gasteiger partial charge >= 0.3 is 6.55 Å². The second-order valence-corrected chi connectivity index (χ2v) is 7.66. The molecule has 1 amide bonds. The smallest absolute Gasteiger partial charge is 0.333 e. The van der Waals surface area contributed by atoms with Crippen molar-refractivity contribution in [2.24, 2.45) is 0 Å². The summed E-state index contributed by atoms with van der Waals surface area (Å²) in [4.78, 5) is 17.7. The molecule has 4 aromatic rings. The van der Waals surface area contributed by atoms with Gasteiger partial charge in [0.05, 0.1) is 39.0 Å². The Kier molecular flexibility index (Phi) is 4.81. The second kappa shape index (κ2) is 7.47. The van der Waals surface area contributed by atoms with Gasteiger partial charge in [0, 0.05) is 28.7 Å². The summed E-state index contributed by atoms with van der Waals surface area (Å²) >= 11 is 0. The largest absolute Gasteiger partial charge is 0.340 e. The van der Waals surface area contributed by atoms with Crippen molar-refractivity contribution in [3.8, 4) is 11.1 Å². The number of nitrogens with zero attached hydrogens (tertiary/aromatic N) is 4. The fourth-order valence-electron chi connectivity index (χ4n) is 4.02. The van der Waals surface area contributed by atoms with Crippen LogP contribution in [0.25, 0.3) is 22.0 Å². The van der Waals surface area contributed by atoms with Gasteiger partial charge in [-0.05, 0) is 41.5 Å². The highest BCUT2D eigenvalue weighted by molar-refractivity contribution is 6.42. The van der Waals surface area contributed by atoms with E-state index in [2.05, 4.69) is 10.1 Å². The first kappa shape index (κ1) is 21.2. The summed E-state index contributed by atoms with van der Waals surface area (Å²) in [5.74, 6) is -2.50. The van der Waals surface area contributed by atoms with E-state index in [1.807, 2.05) is 0 Å². The molecule has 4 radical (unpaired) electrons. The Balaban J connectivity index is 1.54. The molecule has 0 fully saturated rings. The predicted octanol–water partition coefficient (Wildman–Crippen LogP) is 3.87. The van der Waals surface area contributed by atoms with Crippen molar-refractivity contribution in [1.29, 1.82) is 0 Å². The average molecular weight is 446 g/mol. The Labute approximate surface area is 187 Å². The minimum absolute atomic E-state index is 0.107. The molecule has 1 aliphatic heterocycles. The van der Waals surface area contributed by atoms with E-state index >= 15 is 8.78 Å². The molecule has 1 aliphatic rings. The van der Waals surface area contributed by atoms with Crippen LogP contribution in [-0.2, 0) is 11.9 Å². The van der Waals surface area contributed by atoms with E-state index in [4.69, 9.17) is 15.7 Å². The molecule has 2 aromatic heterocycles. The molecule has 0 spiro atoms. The van der Waals surface area contributed by atoms with Crippen LogP contribution >= 0.6 is 0 Å². The molecule has 0 saturated heterocycles. The number of pyridine rings is 1. The molecule has 0 atom stereocenters. The van der Waals surface area contributed by atoms with Crippen LogP contribution in [0.3, 0.4) is 0 Å². The van der Waals surface area contributed by atoms with Crippen molar-refractivity contribution in [2.45, 2.75) is 18.4 Å². The summed E-state index contributed by atoms with van der Waals surface area (Å²) in [7, 11) is 12.2. The third-order valence-corrected chi connectivity index (χ3v) is 5.65. The minimum atomic E-state index is -2.86. The number of aromatic nitrogens is 3. The Morgan fingerprint density at radius 2 is 1.73 bits per heavy atom. The minimum Gasteiger partial charge on any atom is -0.340 e. The quantitative estimate of drug-likeness (QED) is 0.354. The number of halogens is 4. The Hall–Kier alpha value is -3.62. The van der Waals surface area contributed by atoms with Crippen LogP contribution in [0.5, 0.6) is 0 Å². The highest BCUT2D eigenvalue weighted by atomic mass is 19.3. The van der Waals surface area contributed by atoms with Crippen LogP contribution in [0.2, 0.25) is 0 Å². The average Bonchev–Trinajstić information content (AvgIpc) is 3.29. The lowest BCUT2D eigenvalue weighted by atomic mass is 9.59. The molecule has 0 saturated carbocycles. The highest BCUT2D eigenvalue weighted by Crippen LogP contribution is 2.36. The third kappa shape index (κ3) is 3.30. The predicted molar refractivity (Wildman–Crippen MR) is 114 cm³/mol. The van der Waals surface area contributed by atoms with Gasteiger partial charge in [0.1, 0.15) is 11.6 Å². The summed E-state index contributed by atoms with van der Waals surface area (Å²) in [6.45, 7) is -3.39. The van der Waals surface area contributed by atoms with E-state index in [9.17, 15) is 13.6 Å². The van der Waals surface area contributed by atoms with Gasteiger partial charge in [-0.15, -0.1) is 0 Å². The first-order chi connectivity index (χ1) is 15.7. The zero-order valence-electron chi connectivity index (χ0n) is 16.8. The molecule has 5 nitrogen and oxygen atoms in total. The number of carbonyl (C=O) groups excluding carboxylic acids is 1. The van der Waals surface area contributed by atoms with Crippen LogP contribution in [0, 0.1) is 11.6 Å². The lowest BCUT2D eigenvalue weighted by Crippen LogP contribution is -2.45. The molecule has 33 heavy (non-hydrogen) atoms. The van der Waals surface area contributed by atoms with Gasteiger partial charge < -0.3 is 4.90 Å². The SMILES string of the molecule is [B]C1([B])c2ncccc2C(=O)N1Cc1c(F)cc(-c2cccc3nn(C(F)F)cc23)cc1F. The van der Waals surface area contributed by atoms with Crippen LogP contribution in [0.1, 0.15) is 28.2 Å². The Bertz CT molecular complexity index is 1400. The summed E-state index contributed by atoms with van der Waals surface area (Å²) < 4.78 is 56.7. The molecular weight excluding hydrogens is 434 g/mol. The molecular formula is C22H12B2F4N4O. The highest BCUT2D eigenvalue weighted by Gasteiger charge is 2.43. The molecule has 160 valence electrons. The van der Waals surface area contributed by atoms with Crippen LogP contribution < -0.4 is 0 Å². The fraction of sp³-hybridized carbons (Fsp3) is 0.136. The molecule has 0 aliphatic carbocycles. The number of amides is 1. The molecule has 3 heterocycles. The maximum absolute atomic E-state index is 15.1. The van der Waals surface area contributed by atoms with Crippen molar-refractivity contribution in [3.05, 3.63) is 83.3 Å². The van der Waals surface area contributed by atoms with Crippen LogP contribution in [-0.4, -0.2) is 41.3 Å². The van der Waals surface area contributed by atoms with Crippen molar-refractivity contribution in [1.82, 2.24) is 19.7 Å². The van der Waals surface area contributed by atoms with Crippen molar-refractivity contribution >= 4 is 32.5 Å². The summed E-state index contributed by atoms with van der Waals surface area (Å²) in [6, 6.07) is 9.75. The Morgan fingerprint density at radius 1 is 1.03 bits per heavy atom. The maximum atomic E-state index is 15.1. The van der Waals surface area contributed by atoms with Gasteiger partial charge in [-0.2, -0.15) is 13.9 Å². The number of rotatable bonds is 4. The van der Waals surface area contributed by atoms with Gasteiger partial charge in [0.2, 0.25) is 0 Å². The first-order valence-electron chi connectivity index (χ1n) is 9.78. The second-order valence-electron chi connectivity index (χ2n) is 7.66. The van der Waals surface area contributed by atoms with E-state index in [1.54, 1.807) is 12.1 Å². The number of alkyl halides is 2. The van der Waals surface area contributed by atoms with Gasteiger partial charge in [-0.25, -0.2) is 13.5 Å². The summed E-state index contributed by atoms with van der Waals surface area (Å²) in [6.07, 6.45) is 2.53. The molecule has 5 rings (SSSR count). The topological polar surface area (TPSA) is 51.0 Å². The lowest BCUT2D eigenvalue weighted by Gasteiger charge is -2.33. The maximum Gasteiger partial charge on any atom is 0.333 e. The number of carbonyl (C=O) groups is 1. The first-order valence-corrected chi connectivity index (χ1v) is 9.78. The monoisotopic (exact) mass is 446 g/mol. The molecule has 0 bridgehead atoms. The van der Waals surface area contributed by atoms with E-state index < -0.39 is 41.5 Å². The molecule has 2 aromatic carbocycles. The number of benzene rings is 2. The number of hydrogen-bond acceptors (Lipinski definition) is 3. The normalized spacial score (nSPS) is 14.9. The molecule has 11 heteroatoms. The van der Waals surface area contributed by atoms with Crippen LogP contribution in [0.4, 0.5) is 17.6 Å². The lowest BCUT2D eigenvalue weighted by molar-refractivity contribution is 0.0573. The van der Waals surface area contributed by atoms with Crippen molar-refractivity contribution in [3.63, 3.8) is 0 Å².